The molecule has 0 aliphatic carbocycles. The second-order valence-electron chi connectivity index (χ2n) is 5.22. The molecule has 8 heteroatoms. The van der Waals surface area contributed by atoms with E-state index < -0.39 is 5.82 Å². The van der Waals surface area contributed by atoms with Crippen LogP contribution in [0, 0.1) is 5.82 Å². The second-order valence-corrected chi connectivity index (χ2v) is 5.22. The standard InChI is InChI=1S/C17H16FN5O2/c1-10(13-7-12(18)4-5-15(13)24-3)25-16-6-11(8-20-17(16)19)14-9-21-22-23(14)2/h4-9H,1H2,2-3H3,(H2,19,20). The number of hydrogen-bond acceptors (Lipinski definition) is 6. The lowest BCUT2D eigenvalue weighted by atomic mass is 10.1. The summed E-state index contributed by atoms with van der Waals surface area (Å²) in [7, 11) is 3.24. The Morgan fingerprint density at radius 1 is 1.24 bits per heavy atom. The van der Waals surface area contributed by atoms with Gasteiger partial charge in [-0.15, -0.1) is 5.10 Å². The Bertz CT molecular complexity index is 939. The molecule has 0 saturated heterocycles. The number of nitrogens with two attached hydrogens (primary N) is 1. The summed E-state index contributed by atoms with van der Waals surface area (Å²) < 4.78 is 26.1. The highest BCUT2D eigenvalue weighted by Crippen LogP contribution is 2.32. The molecule has 0 spiro atoms. The molecule has 0 aliphatic rings. The number of pyridine rings is 1. The number of aromatic nitrogens is 4. The number of anilines is 1. The van der Waals surface area contributed by atoms with Gasteiger partial charge in [0.15, 0.2) is 11.6 Å². The van der Waals surface area contributed by atoms with E-state index in [1.807, 2.05) is 0 Å². The summed E-state index contributed by atoms with van der Waals surface area (Å²) in [4.78, 5) is 4.12. The lowest BCUT2D eigenvalue weighted by Crippen LogP contribution is -2.02. The minimum Gasteiger partial charge on any atom is -0.496 e. The summed E-state index contributed by atoms with van der Waals surface area (Å²) in [6.07, 6.45) is 3.19. The van der Waals surface area contributed by atoms with Crippen molar-refractivity contribution in [1.29, 1.82) is 0 Å². The van der Waals surface area contributed by atoms with Crippen LogP contribution in [0.2, 0.25) is 0 Å². The van der Waals surface area contributed by atoms with Gasteiger partial charge in [-0.25, -0.2) is 14.1 Å². The van der Waals surface area contributed by atoms with Crippen molar-refractivity contribution in [2.45, 2.75) is 0 Å². The number of hydrogen-bond donors (Lipinski definition) is 1. The molecule has 128 valence electrons. The van der Waals surface area contributed by atoms with Gasteiger partial charge < -0.3 is 15.2 Å². The van der Waals surface area contributed by atoms with Crippen molar-refractivity contribution in [3.63, 3.8) is 0 Å². The number of methoxy groups -OCH3 is 1. The predicted octanol–water partition coefficient (Wildman–Crippen LogP) is 2.66. The van der Waals surface area contributed by atoms with Gasteiger partial charge in [0.25, 0.3) is 0 Å². The highest BCUT2D eigenvalue weighted by Gasteiger charge is 2.14. The maximum Gasteiger partial charge on any atom is 0.170 e. The number of rotatable bonds is 5. The summed E-state index contributed by atoms with van der Waals surface area (Å²) in [6.45, 7) is 3.84. The lowest BCUT2D eigenvalue weighted by Gasteiger charge is -2.14. The molecule has 0 radical (unpaired) electrons. The van der Waals surface area contributed by atoms with E-state index >= 15 is 0 Å². The first-order chi connectivity index (χ1) is 12.0. The van der Waals surface area contributed by atoms with Crippen molar-refractivity contribution in [3.05, 3.63) is 54.6 Å². The Morgan fingerprint density at radius 2 is 2.04 bits per heavy atom. The fraction of sp³-hybridized carbons (Fsp3) is 0.118. The Labute approximate surface area is 143 Å². The van der Waals surface area contributed by atoms with Gasteiger partial charge in [-0.3, -0.25) is 0 Å². The first-order valence-corrected chi connectivity index (χ1v) is 7.31. The molecule has 0 saturated carbocycles. The second kappa shape index (κ2) is 6.60. The van der Waals surface area contributed by atoms with E-state index in [-0.39, 0.29) is 17.3 Å². The normalized spacial score (nSPS) is 10.5. The van der Waals surface area contributed by atoms with E-state index in [1.165, 1.54) is 25.3 Å². The third kappa shape index (κ3) is 3.27. The molecule has 3 aromatic rings. The average molecular weight is 341 g/mol. The molecule has 25 heavy (non-hydrogen) atoms. The zero-order chi connectivity index (χ0) is 18.0. The van der Waals surface area contributed by atoms with Gasteiger partial charge in [0.1, 0.15) is 17.3 Å². The minimum atomic E-state index is -0.429. The van der Waals surface area contributed by atoms with Crippen molar-refractivity contribution in [2.24, 2.45) is 7.05 Å². The topological polar surface area (TPSA) is 88.1 Å². The number of nitrogens with zero attached hydrogens (tertiary/aromatic N) is 4. The molecule has 3 rings (SSSR count). The quantitative estimate of drug-likeness (QED) is 0.718. The summed E-state index contributed by atoms with van der Waals surface area (Å²) in [5.41, 5.74) is 7.73. The molecule has 1 aromatic carbocycles. The van der Waals surface area contributed by atoms with E-state index in [0.29, 0.717) is 11.3 Å². The summed E-state index contributed by atoms with van der Waals surface area (Å²) in [5, 5.41) is 7.71. The first-order valence-electron chi connectivity index (χ1n) is 7.31. The highest BCUT2D eigenvalue weighted by atomic mass is 19.1. The van der Waals surface area contributed by atoms with Gasteiger partial charge in [-0.2, -0.15) is 0 Å². The SMILES string of the molecule is C=C(Oc1cc(-c2cnnn2C)cnc1N)c1cc(F)ccc1OC. The molecular formula is C17H16FN5O2. The van der Waals surface area contributed by atoms with Crippen molar-refractivity contribution >= 4 is 11.6 Å². The summed E-state index contributed by atoms with van der Waals surface area (Å²) in [6, 6.07) is 5.76. The summed E-state index contributed by atoms with van der Waals surface area (Å²) in [5.74, 6) is 0.654. The maximum absolute atomic E-state index is 13.6. The molecule has 0 aliphatic heterocycles. The maximum atomic E-state index is 13.6. The third-order valence-corrected chi connectivity index (χ3v) is 3.59. The zero-order valence-corrected chi connectivity index (χ0v) is 13.7. The molecule has 2 heterocycles. The van der Waals surface area contributed by atoms with Crippen LogP contribution in [0.5, 0.6) is 11.5 Å². The number of ether oxygens (including phenoxy) is 2. The van der Waals surface area contributed by atoms with Crippen molar-refractivity contribution < 1.29 is 13.9 Å². The molecule has 0 bridgehead atoms. The van der Waals surface area contributed by atoms with Gasteiger partial charge in [0, 0.05) is 18.8 Å². The first kappa shape index (κ1) is 16.4. The third-order valence-electron chi connectivity index (χ3n) is 3.59. The van der Waals surface area contributed by atoms with Crippen molar-refractivity contribution in [1.82, 2.24) is 20.0 Å². The van der Waals surface area contributed by atoms with E-state index in [4.69, 9.17) is 15.2 Å². The average Bonchev–Trinajstić information content (AvgIpc) is 3.02. The van der Waals surface area contributed by atoms with Crippen LogP contribution < -0.4 is 15.2 Å². The molecule has 0 unspecified atom stereocenters. The zero-order valence-electron chi connectivity index (χ0n) is 13.7. The van der Waals surface area contributed by atoms with Crippen LogP contribution in [-0.4, -0.2) is 27.1 Å². The lowest BCUT2D eigenvalue weighted by molar-refractivity contribution is 0.408. The monoisotopic (exact) mass is 341 g/mol. The smallest absolute Gasteiger partial charge is 0.170 e. The van der Waals surface area contributed by atoms with Crippen LogP contribution in [0.25, 0.3) is 17.0 Å². The van der Waals surface area contributed by atoms with Crippen LogP contribution in [0.1, 0.15) is 5.56 Å². The molecule has 0 amide bonds. The fourth-order valence-electron chi connectivity index (χ4n) is 2.31. The Hall–Kier alpha value is -3.42. The van der Waals surface area contributed by atoms with E-state index in [0.717, 1.165) is 11.3 Å². The highest BCUT2D eigenvalue weighted by molar-refractivity contribution is 5.69. The Balaban J connectivity index is 1.94. The summed E-state index contributed by atoms with van der Waals surface area (Å²) >= 11 is 0. The molecule has 2 N–H and O–H groups in total. The number of aryl methyl sites for hydroxylation is 1. The van der Waals surface area contributed by atoms with Crippen LogP contribution in [0.4, 0.5) is 10.2 Å². The Kier molecular flexibility index (Phi) is 4.34. The van der Waals surface area contributed by atoms with Crippen LogP contribution in [0.15, 0.2) is 43.2 Å². The minimum absolute atomic E-state index is 0.176. The number of nitrogen functional groups attached to an aromatic ring is 1. The van der Waals surface area contributed by atoms with Crippen LogP contribution >= 0.6 is 0 Å². The molecule has 2 aromatic heterocycles. The van der Waals surface area contributed by atoms with Crippen molar-refractivity contribution in [2.75, 3.05) is 12.8 Å². The van der Waals surface area contributed by atoms with Crippen molar-refractivity contribution in [3.8, 4) is 22.8 Å². The largest absolute Gasteiger partial charge is 0.496 e. The molecule has 0 fully saturated rings. The van der Waals surface area contributed by atoms with Gasteiger partial charge >= 0.3 is 0 Å². The molecule has 7 nitrogen and oxygen atoms in total. The van der Waals surface area contributed by atoms with Gasteiger partial charge in [-0.05, 0) is 24.3 Å². The van der Waals surface area contributed by atoms with E-state index in [9.17, 15) is 4.39 Å². The van der Waals surface area contributed by atoms with E-state index in [1.54, 1.807) is 30.2 Å². The van der Waals surface area contributed by atoms with Crippen LogP contribution in [0.3, 0.4) is 0 Å². The van der Waals surface area contributed by atoms with E-state index in [2.05, 4.69) is 21.9 Å². The van der Waals surface area contributed by atoms with Crippen LogP contribution in [-0.2, 0) is 7.05 Å². The Morgan fingerprint density at radius 3 is 2.72 bits per heavy atom. The fourth-order valence-corrected chi connectivity index (χ4v) is 2.31. The predicted molar refractivity (Wildman–Crippen MR) is 91.3 cm³/mol. The van der Waals surface area contributed by atoms with Gasteiger partial charge in [-0.1, -0.05) is 11.8 Å². The molecule has 0 atom stereocenters. The van der Waals surface area contributed by atoms with Gasteiger partial charge in [0.2, 0.25) is 0 Å². The molecular weight excluding hydrogens is 325 g/mol. The number of benzene rings is 1. The van der Waals surface area contributed by atoms with Gasteiger partial charge in [0.05, 0.1) is 24.6 Å². The number of halogens is 1.